The minimum Gasteiger partial charge on any atom is -0.427 e. The van der Waals surface area contributed by atoms with Gasteiger partial charge in [-0.05, 0) is 12.5 Å². The Morgan fingerprint density at radius 1 is 1.00 bits per heavy atom. The summed E-state index contributed by atoms with van der Waals surface area (Å²) in [7, 11) is 0. The highest BCUT2D eigenvalue weighted by atomic mass is 16.4. The molecule has 20 heavy (non-hydrogen) atoms. The van der Waals surface area contributed by atoms with Crippen LogP contribution >= 0.6 is 0 Å². The third kappa shape index (κ3) is 7.93. The Morgan fingerprint density at radius 3 is 2.30 bits per heavy atom. The quantitative estimate of drug-likeness (QED) is 0.567. The van der Waals surface area contributed by atoms with Gasteiger partial charge in [0.1, 0.15) is 11.5 Å². The van der Waals surface area contributed by atoms with Crippen LogP contribution in [0.3, 0.4) is 0 Å². The smallest absolute Gasteiger partial charge is 0.335 e. The Balaban J connectivity index is 2.04. The lowest BCUT2D eigenvalue weighted by Gasteiger charge is -2.02. The molecule has 112 valence electrons. The molecule has 0 aromatic carbocycles. The first-order chi connectivity index (χ1) is 9.72. The van der Waals surface area contributed by atoms with Gasteiger partial charge < -0.3 is 4.42 Å². The van der Waals surface area contributed by atoms with Crippen molar-refractivity contribution >= 4 is 5.78 Å². The van der Waals surface area contributed by atoms with Gasteiger partial charge in [0.15, 0.2) is 0 Å². The molecule has 0 aliphatic heterocycles. The van der Waals surface area contributed by atoms with E-state index in [1.165, 1.54) is 44.6 Å². The zero-order chi connectivity index (χ0) is 14.6. The molecule has 1 aromatic rings. The van der Waals surface area contributed by atoms with E-state index < -0.39 is 0 Å². The number of Topliss-reactive ketones (excluding diaryl/α,β-unsaturated/α-hetero) is 1. The molecule has 0 N–H and O–H groups in total. The molecular weight excluding hydrogens is 252 g/mol. The van der Waals surface area contributed by atoms with Crippen LogP contribution in [0.5, 0.6) is 0 Å². The molecule has 1 rings (SSSR count). The molecule has 1 aromatic heterocycles. The van der Waals surface area contributed by atoms with Gasteiger partial charge in [-0.2, -0.15) is 0 Å². The highest BCUT2D eigenvalue weighted by Gasteiger charge is 2.05. The van der Waals surface area contributed by atoms with E-state index in [2.05, 4.69) is 6.92 Å². The number of rotatable bonds is 11. The second-order valence-electron chi connectivity index (χ2n) is 5.35. The van der Waals surface area contributed by atoms with Crippen molar-refractivity contribution in [3.05, 3.63) is 34.4 Å². The van der Waals surface area contributed by atoms with Gasteiger partial charge in [0, 0.05) is 12.5 Å². The summed E-state index contributed by atoms with van der Waals surface area (Å²) in [5, 5.41) is 0. The predicted octanol–water partition coefficient (Wildman–Crippen LogP) is 4.28. The average molecular weight is 278 g/mol. The molecule has 1 heterocycles. The van der Waals surface area contributed by atoms with Gasteiger partial charge in [0.05, 0.1) is 6.42 Å². The number of hydrogen-bond donors (Lipinski definition) is 0. The molecule has 0 fully saturated rings. The maximum absolute atomic E-state index is 11.7. The van der Waals surface area contributed by atoms with E-state index in [4.69, 9.17) is 4.42 Å². The van der Waals surface area contributed by atoms with E-state index >= 15 is 0 Å². The third-order valence-corrected chi connectivity index (χ3v) is 3.43. The highest BCUT2D eigenvalue weighted by molar-refractivity contribution is 5.80. The Hall–Kier alpha value is -1.38. The van der Waals surface area contributed by atoms with Crippen molar-refractivity contribution < 1.29 is 9.21 Å². The summed E-state index contributed by atoms with van der Waals surface area (Å²) in [4.78, 5) is 22.7. The fourth-order valence-electron chi connectivity index (χ4n) is 2.27. The van der Waals surface area contributed by atoms with Crippen LogP contribution in [-0.2, 0) is 11.2 Å². The predicted molar refractivity (Wildman–Crippen MR) is 80.9 cm³/mol. The van der Waals surface area contributed by atoms with E-state index in [1.54, 1.807) is 12.1 Å². The zero-order valence-corrected chi connectivity index (χ0v) is 12.5. The topological polar surface area (TPSA) is 47.3 Å². The lowest BCUT2D eigenvalue weighted by atomic mass is 10.0. The molecule has 0 spiro atoms. The standard InChI is InChI=1S/C17H26O3/c1-2-3-4-5-6-7-8-9-11-15(18)14-16-12-10-13-17(19)20-16/h10,12-13H,2-9,11,14H2,1H3. The normalized spacial score (nSPS) is 10.7. The monoisotopic (exact) mass is 278 g/mol. The molecular formula is C17H26O3. The average Bonchev–Trinajstić information content (AvgIpc) is 2.42. The summed E-state index contributed by atoms with van der Waals surface area (Å²) in [6, 6.07) is 4.67. The molecule has 3 nitrogen and oxygen atoms in total. The van der Waals surface area contributed by atoms with Crippen LogP contribution in [0.2, 0.25) is 0 Å². The van der Waals surface area contributed by atoms with Gasteiger partial charge >= 0.3 is 5.63 Å². The van der Waals surface area contributed by atoms with Crippen LogP contribution in [0, 0.1) is 0 Å². The first kappa shape index (κ1) is 16.7. The lowest BCUT2D eigenvalue weighted by molar-refractivity contribution is -0.118. The van der Waals surface area contributed by atoms with E-state index in [0.717, 1.165) is 12.8 Å². The lowest BCUT2D eigenvalue weighted by Crippen LogP contribution is -2.05. The second kappa shape index (κ2) is 10.4. The molecule has 0 radical (unpaired) electrons. The minimum atomic E-state index is -0.387. The summed E-state index contributed by atoms with van der Waals surface area (Å²) in [5.74, 6) is 0.632. The maximum atomic E-state index is 11.7. The molecule has 3 heteroatoms. The van der Waals surface area contributed by atoms with Crippen LogP contribution in [0.15, 0.2) is 27.4 Å². The van der Waals surface area contributed by atoms with Crippen molar-refractivity contribution in [3.63, 3.8) is 0 Å². The van der Waals surface area contributed by atoms with Crippen molar-refractivity contribution in [2.45, 2.75) is 71.1 Å². The first-order valence-electron chi connectivity index (χ1n) is 7.83. The number of hydrogen-bond acceptors (Lipinski definition) is 3. The van der Waals surface area contributed by atoms with Crippen molar-refractivity contribution in [2.24, 2.45) is 0 Å². The Kier molecular flexibility index (Phi) is 8.68. The number of carbonyl (C=O) groups is 1. The molecule has 0 unspecified atom stereocenters. The van der Waals surface area contributed by atoms with Gasteiger partial charge in [-0.15, -0.1) is 0 Å². The molecule has 0 saturated heterocycles. The fraction of sp³-hybridized carbons (Fsp3) is 0.647. The van der Waals surface area contributed by atoms with Crippen molar-refractivity contribution in [1.29, 1.82) is 0 Å². The van der Waals surface area contributed by atoms with Gasteiger partial charge in [-0.1, -0.05) is 57.9 Å². The Labute approximate surface area is 121 Å². The van der Waals surface area contributed by atoms with Crippen LogP contribution in [0.25, 0.3) is 0 Å². The summed E-state index contributed by atoms with van der Waals surface area (Å²) in [5.41, 5.74) is -0.387. The molecule has 0 atom stereocenters. The van der Waals surface area contributed by atoms with Crippen LogP contribution in [-0.4, -0.2) is 5.78 Å². The summed E-state index contributed by atoms with van der Waals surface area (Å²) in [6.07, 6.45) is 10.7. The minimum absolute atomic E-state index is 0.158. The van der Waals surface area contributed by atoms with E-state index in [1.807, 2.05) is 0 Å². The van der Waals surface area contributed by atoms with E-state index in [9.17, 15) is 9.59 Å². The Bertz CT molecular complexity index is 434. The van der Waals surface area contributed by atoms with Crippen LogP contribution < -0.4 is 5.63 Å². The van der Waals surface area contributed by atoms with Gasteiger partial charge in [0.25, 0.3) is 0 Å². The first-order valence-corrected chi connectivity index (χ1v) is 7.83. The largest absolute Gasteiger partial charge is 0.427 e. The van der Waals surface area contributed by atoms with Crippen molar-refractivity contribution in [2.75, 3.05) is 0 Å². The van der Waals surface area contributed by atoms with Gasteiger partial charge in [-0.25, -0.2) is 4.79 Å². The van der Waals surface area contributed by atoms with Crippen molar-refractivity contribution in [3.8, 4) is 0 Å². The summed E-state index contributed by atoms with van der Waals surface area (Å²) >= 11 is 0. The van der Waals surface area contributed by atoms with Crippen LogP contribution in [0.1, 0.15) is 70.5 Å². The molecule has 0 aliphatic rings. The SMILES string of the molecule is CCCCCCCCCCC(=O)Cc1cccc(=O)o1. The van der Waals surface area contributed by atoms with Crippen LogP contribution in [0.4, 0.5) is 0 Å². The molecule has 0 bridgehead atoms. The van der Waals surface area contributed by atoms with Gasteiger partial charge in [-0.3, -0.25) is 4.79 Å². The highest BCUT2D eigenvalue weighted by Crippen LogP contribution is 2.10. The van der Waals surface area contributed by atoms with Gasteiger partial charge in [0.2, 0.25) is 0 Å². The Morgan fingerprint density at radius 2 is 1.65 bits per heavy atom. The number of ketones is 1. The molecule has 0 amide bonds. The zero-order valence-electron chi connectivity index (χ0n) is 12.5. The maximum Gasteiger partial charge on any atom is 0.335 e. The second-order valence-corrected chi connectivity index (χ2v) is 5.35. The summed E-state index contributed by atoms with van der Waals surface area (Å²) in [6.45, 7) is 2.22. The van der Waals surface area contributed by atoms with E-state index in [0.29, 0.717) is 12.2 Å². The summed E-state index contributed by atoms with van der Waals surface area (Å²) < 4.78 is 4.95. The van der Waals surface area contributed by atoms with Crippen molar-refractivity contribution in [1.82, 2.24) is 0 Å². The molecule has 0 aliphatic carbocycles. The number of carbonyl (C=O) groups excluding carboxylic acids is 1. The fourth-order valence-corrected chi connectivity index (χ4v) is 2.27. The van der Waals surface area contributed by atoms with E-state index in [-0.39, 0.29) is 17.8 Å². The molecule has 0 saturated carbocycles. The number of unbranched alkanes of at least 4 members (excludes halogenated alkanes) is 7. The third-order valence-electron chi connectivity index (χ3n) is 3.43.